The van der Waals surface area contributed by atoms with E-state index in [-0.39, 0.29) is 11.8 Å². The van der Waals surface area contributed by atoms with Crippen molar-refractivity contribution in [1.29, 1.82) is 0 Å². The molecule has 0 aliphatic carbocycles. The van der Waals surface area contributed by atoms with Gasteiger partial charge < -0.3 is 9.15 Å². The van der Waals surface area contributed by atoms with Crippen LogP contribution >= 0.6 is 0 Å². The molecule has 0 aliphatic heterocycles. The zero-order chi connectivity index (χ0) is 19.5. The molecular weight excluding hydrogens is 356 g/mol. The number of pyridine rings is 1. The molecule has 0 N–H and O–H groups in total. The first-order chi connectivity index (χ1) is 13.6. The Bertz CT molecular complexity index is 1120. The zero-order valence-electron chi connectivity index (χ0n) is 15.2. The average Bonchev–Trinajstić information content (AvgIpc) is 3.22. The molecule has 4 rings (SSSR count). The minimum atomic E-state index is -0.541. The Morgan fingerprint density at radius 1 is 1.07 bits per heavy atom. The van der Waals surface area contributed by atoms with E-state index in [1.54, 1.807) is 12.3 Å². The number of fused-ring (bicyclic) bond motifs is 1. The highest BCUT2D eigenvalue weighted by atomic mass is 16.6. The van der Waals surface area contributed by atoms with E-state index < -0.39 is 4.92 Å². The lowest BCUT2D eigenvalue weighted by atomic mass is 10.0. The van der Waals surface area contributed by atoms with Gasteiger partial charge in [0.15, 0.2) is 0 Å². The fourth-order valence-electron chi connectivity index (χ4n) is 3.02. The molecule has 6 heteroatoms. The predicted octanol–water partition coefficient (Wildman–Crippen LogP) is 5.47. The van der Waals surface area contributed by atoms with Gasteiger partial charge in [-0.15, -0.1) is 0 Å². The smallest absolute Gasteiger partial charge is 0.433 e. The lowest BCUT2D eigenvalue weighted by molar-refractivity contribution is -0.402. The van der Waals surface area contributed by atoms with Crippen LogP contribution in [0.3, 0.4) is 0 Å². The Balaban J connectivity index is 1.57. The maximum absolute atomic E-state index is 10.8. The van der Waals surface area contributed by atoms with Crippen LogP contribution in [0.5, 0.6) is 5.75 Å². The summed E-state index contributed by atoms with van der Waals surface area (Å²) in [7, 11) is 0. The fraction of sp³-hybridized carbons (Fsp3) is 0.136. The molecule has 0 aliphatic rings. The molecule has 2 aromatic heterocycles. The predicted molar refractivity (Wildman–Crippen MR) is 105 cm³/mol. The first-order valence-electron chi connectivity index (χ1n) is 8.91. The van der Waals surface area contributed by atoms with Gasteiger partial charge in [-0.3, -0.25) is 15.1 Å². The van der Waals surface area contributed by atoms with Crippen molar-refractivity contribution in [3.8, 4) is 5.75 Å². The molecule has 1 unspecified atom stereocenters. The Labute approximate surface area is 161 Å². The number of ether oxygens (including phenoxy) is 1. The molecule has 28 heavy (non-hydrogen) atoms. The summed E-state index contributed by atoms with van der Waals surface area (Å²) in [6.45, 7) is 2.41. The number of nitro groups is 1. The Kier molecular flexibility index (Phi) is 4.76. The summed E-state index contributed by atoms with van der Waals surface area (Å²) in [4.78, 5) is 14.8. The molecule has 4 aromatic rings. The van der Waals surface area contributed by atoms with Gasteiger partial charge in [-0.05, 0) is 48.2 Å². The molecule has 1 atom stereocenters. The van der Waals surface area contributed by atoms with Gasteiger partial charge in [0.05, 0.1) is 17.7 Å². The Hall–Kier alpha value is -3.67. The third-order valence-corrected chi connectivity index (χ3v) is 4.63. The highest BCUT2D eigenvalue weighted by molar-refractivity contribution is 5.83. The standard InChI is InChI=1S/C22H18N2O4/c1-15(21-9-10-22(28-21)24(25)26)20-12-18-11-19(8-7-17(18)13-23-20)27-14-16-5-3-2-4-6-16/h2-13,15H,14H2,1H3. The average molecular weight is 374 g/mol. The molecule has 2 heterocycles. The molecule has 0 amide bonds. The van der Waals surface area contributed by atoms with E-state index in [0.29, 0.717) is 12.4 Å². The van der Waals surface area contributed by atoms with E-state index >= 15 is 0 Å². The highest BCUT2D eigenvalue weighted by Gasteiger charge is 2.19. The lowest BCUT2D eigenvalue weighted by Crippen LogP contribution is -1.98. The highest BCUT2D eigenvalue weighted by Crippen LogP contribution is 2.30. The van der Waals surface area contributed by atoms with Crippen molar-refractivity contribution >= 4 is 16.7 Å². The second-order valence-corrected chi connectivity index (χ2v) is 6.55. The van der Waals surface area contributed by atoms with Gasteiger partial charge in [0, 0.05) is 11.6 Å². The minimum absolute atomic E-state index is 0.202. The SMILES string of the molecule is CC(c1cc2cc(OCc3ccccc3)ccc2cn1)c1ccc([N+](=O)[O-])o1. The topological polar surface area (TPSA) is 78.4 Å². The van der Waals surface area contributed by atoms with E-state index in [0.717, 1.165) is 27.8 Å². The number of hydrogen-bond donors (Lipinski definition) is 0. The summed E-state index contributed by atoms with van der Waals surface area (Å²) in [6, 6.07) is 20.8. The van der Waals surface area contributed by atoms with Crippen molar-refractivity contribution in [2.75, 3.05) is 0 Å². The second kappa shape index (κ2) is 7.52. The van der Waals surface area contributed by atoms with E-state index in [4.69, 9.17) is 9.15 Å². The van der Waals surface area contributed by atoms with Crippen LogP contribution in [-0.2, 0) is 6.61 Å². The van der Waals surface area contributed by atoms with Crippen LogP contribution in [0.2, 0.25) is 0 Å². The largest absolute Gasteiger partial charge is 0.489 e. The lowest BCUT2D eigenvalue weighted by Gasteiger charge is -2.11. The van der Waals surface area contributed by atoms with Gasteiger partial charge >= 0.3 is 5.88 Å². The maximum Gasteiger partial charge on any atom is 0.433 e. The van der Waals surface area contributed by atoms with Crippen LogP contribution in [-0.4, -0.2) is 9.91 Å². The summed E-state index contributed by atoms with van der Waals surface area (Å²) >= 11 is 0. The monoisotopic (exact) mass is 374 g/mol. The number of benzene rings is 2. The summed E-state index contributed by atoms with van der Waals surface area (Å²) in [5.41, 5.74) is 1.88. The van der Waals surface area contributed by atoms with Crippen LogP contribution in [0.15, 0.2) is 77.3 Å². The first kappa shape index (κ1) is 17.7. The van der Waals surface area contributed by atoms with Crippen LogP contribution in [0.1, 0.15) is 29.9 Å². The third-order valence-electron chi connectivity index (χ3n) is 4.63. The molecule has 6 nitrogen and oxygen atoms in total. The van der Waals surface area contributed by atoms with Crippen molar-refractivity contribution in [3.05, 3.63) is 100 Å². The molecule has 0 saturated heterocycles. The third kappa shape index (κ3) is 3.71. The quantitative estimate of drug-likeness (QED) is 0.330. The van der Waals surface area contributed by atoms with Crippen molar-refractivity contribution in [3.63, 3.8) is 0 Å². The molecule has 0 saturated carbocycles. The molecule has 2 aromatic carbocycles. The summed E-state index contributed by atoms with van der Waals surface area (Å²) in [6.07, 6.45) is 1.79. The van der Waals surface area contributed by atoms with Gasteiger partial charge in [0.25, 0.3) is 0 Å². The maximum atomic E-state index is 10.8. The number of nitrogens with zero attached hydrogens (tertiary/aromatic N) is 2. The minimum Gasteiger partial charge on any atom is -0.489 e. The summed E-state index contributed by atoms with van der Waals surface area (Å²) in [5.74, 6) is 0.816. The van der Waals surface area contributed by atoms with Gasteiger partial charge in [0.1, 0.15) is 23.0 Å². The molecule has 0 radical (unpaired) electrons. The van der Waals surface area contributed by atoms with Crippen LogP contribution in [0.25, 0.3) is 10.8 Å². The van der Waals surface area contributed by atoms with Crippen LogP contribution in [0, 0.1) is 10.1 Å². The molecule has 0 spiro atoms. The number of rotatable bonds is 6. The normalized spacial score (nSPS) is 12.0. The van der Waals surface area contributed by atoms with E-state index in [9.17, 15) is 10.1 Å². The van der Waals surface area contributed by atoms with Crippen molar-refractivity contribution in [2.24, 2.45) is 0 Å². The van der Waals surface area contributed by atoms with Gasteiger partial charge in [-0.25, -0.2) is 0 Å². The van der Waals surface area contributed by atoms with Gasteiger partial charge in [0.2, 0.25) is 0 Å². The number of aromatic nitrogens is 1. The van der Waals surface area contributed by atoms with E-state index in [1.165, 1.54) is 6.07 Å². The van der Waals surface area contributed by atoms with Crippen LogP contribution in [0.4, 0.5) is 5.88 Å². The zero-order valence-corrected chi connectivity index (χ0v) is 15.2. The van der Waals surface area contributed by atoms with Crippen LogP contribution < -0.4 is 4.74 Å². The molecule has 0 fully saturated rings. The van der Waals surface area contributed by atoms with E-state index in [2.05, 4.69) is 4.98 Å². The Morgan fingerprint density at radius 2 is 1.89 bits per heavy atom. The summed E-state index contributed by atoms with van der Waals surface area (Å²) in [5, 5.41) is 12.8. The second-order valence-electron chi connectivity index (χ2n) is 6.55. The van der Waals surface area contributed by atoms with E-state index in [1.807, 2.05) is 61.5 Å². The van der Waals surface area contributed by atoms with Crippen molar-refractivity contribution < 1.29 is 14.1 Å². The van der Waals surface area contributed by atoms with Gasteiger partial charge in [-0.2, -0.15) is 0 Å². The molecule has 140 valence electrons. The molecule has 0 bridgehead atoms. The van der Waals surface area contributed by atoms with Crippen molar-refractivity contribution in [1.82, 2.24) is 4.98 Å². The number of furan rings is 1. The first-order valence-corrected chi connectivity index (χ1v) is 8.91. The summed E-state index contributed by atoms with van der Waals surface area (Å²) < 4.78 is 11.2. The van der Waals surface area contributed by atoms with Crippen molar-refractivity contribution in [2.45, 2.75) is 19.4 Å². The molecular formula is C22H18N2O4. The fourth-order valence-corrected chi connectivity index (χ4v) is 3.02. The number of hydrogen-bond acceptors (Lipinski definition) is 5. The van der Waals surface area contributed by atoms with Gasteiger partial charge in [-0.1, -0.05) is 30.3 Å². The Morgan fingerprint density at radius 3 is 2.64 bits per heavy atom.